The summed E-state index contributed by atoms with van der Waals surface area (Å²) in [5.74, 6) is 0. The van der Waals surface area contributed by atoms with Gasteiger partial charge in [0.05, 0.1) is 10.2 Å². The molecule has 1 aromatic rings. The Bertz CT molecular complexity index is 220. The molecule has 0 spiro atoms. The third-order valence-corrected chi connectivity index (χ3v) is 1.64. The van der Waals surface area contributed by atoms with Crippen molar-refractivity contribution in [2.24, 2.45) is 0 Å². The summed E-state index contributed by atoms with van der Waals surface area (Å²) >= 11 is 0. The molecule has 0 atom stereocenters. The van der Waals surface area contributed by atoms with Gasteiger partial charge in [-0.05, 0) is 5.56 Å². The molecule has 1 aromatic carbocycles. The van der Waals surface area contributed by atoms with Gasteiger partial charge in [0.15, 0.2) is 0 Å². The molecule has 1 rings (SSSR count). The van der Waals surface area contributed by atoms with Crippen LogP contribution in [-0.2, 0) is 0 Å². The normalized spacial score (nSPS) is 8.10. The van der Waals surface area contributed by atoms with E-state index in [2.05, 4.69) is 16.8 Å². The van der Waals surface area contributed by atoms with Gasteiger partial charge < -0.3 is 0 Å². The first kappa shape index (κ1) is 10.6. The van der Waals surface area contributed by atoms with E-state index in [1.165, 1.54) is 0 Å². The Morgan fingerprint density at radius 1 is 1.30 bits per heavy atom. The summed E-state index contributed by atoms with van der Waals surface area (Å²) in [4.78, 5) is 0. The van der Waals surface area contributed by atoms with Gasteiger partial charge in [-0.2, -0.15) is 0 Å². The van der Waals surface area contributed by atoms with Crippen LogP contribution in [0.1, 0.15) is 5.56 Å². The van der Waals surface area contributed by atoms with Crippen molar-refractivity contribution in [3.63, 3.8) is 0 Å². The molecular formula is C8H7CeSi. The van der Waals surface area contributed by atoms with Gasteiger partial charge in [0.2, 0.25) is 0 Å². The number of benzene rings is 1. The van der Waals surface area contributed by atoms with Crippen molar-refractivity contribution < 1.29 is 41.7 Å². The first-order chi connectivity index (χ1) is 4.34. The molecule has 0 N–H and O–H groups in total. The van der Waals surface area contributed by atoms with E-state index in [1.807, 2.05) is 30.3 Å². The average Bonchev–Trinajstić information content (AvgIpc) is 1.89. The van der Waals surface area contributed by atoms with Crippen molar-refractivity contribution in [3.05, 3.63) is 36.4 Å². The van der Waals surface area contributed by atoms with E-state index in [4.69, 9.17) is 0 Å². The zero-order chi connectivity index (χ0) is 6.69. The molecule has 0 saturated carbocycles. The van der Waals surface area contributed by atoms with Gasteiger partial charge >= 0.3 is 0 Å². The molecular weight excluding hydrogens is 264 g/mol. The summed E-state index contributed by atoms with van der Waals surface area (Å²) in [5.41, 5.74) is 1.13. The molecule has 0 unspecified atom stereocenters. The molecule has 0 heterocycles. The van der Waals surface area contributed by atoms with Crippen LogP contribution in [0.2, 0.25) is 0 Å². The van der Waals surface area contributed by atoms with E-state index < -0.39 is 0 Å². The van der Waals surface area contributed by atoms with Crippen LogP contribution in [-0.4, -0.2) is 10.2 Å². The topological polar surface area (TPSA) is 0 Å². The predicted molar refractivity (Wildman–Crippen MR) is 41.9 cm³/mol. The maximum Gasteiger partial charge on any atom is 0.0720 e. The zero-order valence-electron chi connectivity index (χ0n) is 5.59. The Morgan fingerprint density at radius 2 is 1.90 bits per heavy atom. The van der Waals surface area contributed by atoms with Gasteiger partial charge in [0.25, 0.3) is 0 Å². The smallest absolute Gasteiger partial charge is 0.0720 e. The van der Waals surface area contributed by atoms with E-state index in [-0.39, 0.29) is 41.7 Å². The second kappa shape index (κ2) is 5.24. The fraction of sp³-hybridized carbons (Fsp3) is 0. The molecule has 0 aliphatic carbocycles. The van der Waals surface area contributed by atoms with Crippen molar-refractivity contribution in [1.82, 2.24) is 0 Å². The van der Waals surface area contributed by atoms with Gasteiger partial charge in [-0.15, -0.1) is 0 Å². The summed E-state index contributed by atoms with van der Waals surface area (Å²) in [6.07, 6.45) is 1.82. The maximum absolute atomic E-state index is 3.66. The van der Waals surface area contributed by atoms with Gasteiger partial charge in [0, 0.05) is 41.7 Å². The van der Waals surface area contributed by atoms with Crippen molar-refractivity contribution >= 4 is 21.5 Å². The minimum atomic E-state index is 0. The standard InChI is InChI=1S/C8H7Si.Ce/c1-2-7-5-3-4-6-8(7)9;/h2-6H,1H2;. The van der Waals surface area contributed by atoms with Crippen molar-refractivity contribution in [2.45, 2.75) is 0 Å². The van der Waals surface area contributed by atoms with Gasteiger partial charge in [-0.25, -0.2) is 0 Å². The van der Waals surface area contributed by atoms with Crippen LogP contribution in [0.25, 0.3) is 6.08 Å². The molecule has 2 heteroatoms. The first-order valence-electron chi connectivity index (χ1n) is 2.77. The maximum atomic E-state index is 3.66. The Labute approximate surface area is 98.5 Å². The van der Waals surface area contributed by atoms with Crippen molar-refractivity contribution in [1.29, 1.82) is 0 Å². The van der Waals surface area contributed by atoms with E-state index in [0.717, 1.165) is 10.8 Å². The third kappa shape index (κ3) is 2.66. The Morgan fingerprint density at radius 3 is 2.30 bits per heavy atom. The number of rotatable bonds is 1. The predicted octanol–water partition coefficient (Wildman–Crippen LogP) is 1.12. The fourth-order valence-electron chi connectivity index (χ4n) is 0.675. The average molecular weight is 271 g/mol. The molecule has 10 heavy (non-hydrogen) atoms. The van der Waals surface area contributed by atoms with E-state index in [0.29, 0.717) is 0 Å². The molecule has 0 fully saturated rings. The molecule has 3 radical (unpaired) electrons. The fourth-order valence-corrected chi connectivity index (χ4v) is 0.957. The van der Waals surface area contributed by atoms with Crippen LogP contribution >= 0.6 is 0 Å². The van der Waals surface area contributed by atoms with Crippen molar-refractivity contribution in [3.8, 4) is 0 Å². The molecule has 0 nitrogen and oxygen atoms in total. The molecule has 0 aliphatic heterocycles. The molecule has 47 valence electrons. The quantitative estimate of drug-likeness (QED) is 0.672. The van der Waals surface area contributed by atoms with Crippen LogP contribution in [0.4, 0.5) is 0 Å². The van der Waals surface area contributed by atoms with Crippen molar-refractivity contribution in [2.75, 3.05) is 0 Å². The third-order valence-electron chi connectivity index (χ3n) is 1.18. The Kier molecular flexibility index (Phi) is 5.53. The van der Waals surface area contributed by atoms with Crippen LogP contribution in [0, 0.1) is 41.7 Å². The Balaban J connectivity index is 0.000000810. The summed E-state index contributed by atoms with van der Waals surface area (Å²) in [7, 11) is 3.43. The minimum absolute atomic E-state index is 0. The largest absolute Gasteiger partial charge is 0.0985 e. The molecule has 0 aliphatic rings. The van der Waals surface area contributed by atoms with Crippen LogP contribution < -0.4 is 5.19 Å². The van der Waals surface area contributed by atoms with Crippen LogP contribution in [0.3, 0.4) is 0 Å². The molecule has 0 amide bonds. The summed E-state index contributed by atoms with van der Waals surface area (Å²) < 4.78 is 0. The zero-order valence-corrected chi connectivity index (χ0v) is 9.73. The summed E-state index contributed by atoms with van der Waals surface area (Å²) in [5, 5.41) is 1.09. The van der Waals surface area contributed by atoms with E-state index >= 15 is 0 Å². The molecule has 0 bridgehead atoms. The molecule has 0 aromatic heterocycles. The molecule has 0 saturated heterocycles. The SMILES string of the molecule is C=Cc1ccccc1[Si].[Ce]. The van der Waals surface area contributed by atoms with Crippen LogP contribution in [0.5, 0.6) is 0 Å². The van der Waals surface area contributed by atoms with Crippen LogP contribution in [0.15, 0.2) is 30.8 Å². The number of hydrogen-bond acceptors (Lipinski definition) is 0. The second-order valence-corrected chi connectivity index (χ2v) is 2.33. The monoisotopic (exact) mass is 271 g/mol. The van der Waals surface area contributed by atoms with E-state index in [9.17, 15) is 0 Å². The summed E-state index contributed by atoms with van der Waals surface area (Å²) in [6.45, 7) is 3.66. The first-order valence-corrected chi connectivity index (χ1v) is 3.27. The second-order valence-electron chi connectivity index (χ2n) is 1.79. The van der Waals surface area contributed by atoms with Gasteiger partial charge in [0.1, 0.15) is 0 Å². The number of hydrogen-bond donors (Lipinski definition) is 0. The van der Waals surface area contributed by atoms with Gasteiger partial charge in [-0.1, -0.05) is 42.1 Å². The van der Waals surface area contributed by atoms with E-state index in [1.54, 1.807) is 0 Å². The minimum Gasteiger partial charge on any atom is -0.0985 e. The van der Waals surface area contributed by atoms with Gasteiger partial charge in [-0.3, -0.25) is 0 Å². The summed E-state index contributed by atoms with van der Waals surface area (Å²) in [6, 6.07) is 7.97. The Hall–Kier alpha value is 0.554.